The quantitative estimate of drug-likeness (QED) is 0.234. The first-order valence-electron chi connectivity index (χ1n) is 9.65. The van der Waals surface area contributed by atoms with Crippen LogP contribution in [0.25, 0.3) is 0 Å². The predicted octanol–water partition coefficient (Wildman–Crippen LogP) is 2.51. The Kier molecular flexibility index (Phi) is 10.1. The molecule has 1 saturated carbocycles. The minimum atomic E-state index is -0.625. The van der Waals surface area contributed by atoms with Gasteiger partial charge in [0.2, 0.25) is 0 Å². The first-order valence-corrected chi connectivity index (χ1v) is 9.65. The molecule has 0 spiro atoms. The molecule has 162 valence electrons. The van der Waals surface area contributed by atoms with E-state index in [-0.39, 0.29) is 31.0 Å². The van der Waals surface area contributed by atoms with Gasteiger partial charge in [-0.25, -0.2) is 9.59 Å². The highest BCUT2D eigenvalue weighted by molar-refractivity contribution is 5.87. The minimum absolute atomic E-state index is 0.0785. The smallest absolute Gasteiger partial charge is 0.333 e. The molecule has 1 aliphatic carbocycles. The van der Waals surface area contributed by atoms with Crippen LogP contribution in [0.3, 0.4) is 0 Å². The predicted molar refractivity (Wildman–Crippen MR) is 104 cm³/mol. The van der Waals surface area contributed by atoms with Crippen molar-refractivity contribution in [3.8, 4) is 0 Å². The number of esters is 4. The first-order chi connectivity index (χ1) is 13.6. The van der Waals surface area contributed by atoms with Crippen LogP contribution in [0, 0.1) is 11.8 Å². The maximum absolute atomic E-state index is 12.5. The monoisotopic (exact) mass is 410 g/mol. The van der Waals surface area contributed by atoms with E-state index in [9.17, 15) is 19.2 Å². The van der Waals surface area contributed by atoms with Gasteiger partial charge >= 0.3 is 23.9 Å². The summed E-state index contributed by atoms with van der Waals surface area (Å²) in [4.78, 5) is 47.6. The minimum Gasteiger partial charge on any atom is -0.462 e. The lowest BCUT2D eigenvalue weighted by Gasteiger charge is -2.28. The number of ether oxygens (including phenoxy) is 4. The van der Waals surface area contributed by atoms with Crippen LogP contribution >= 0.6 is 0 Å². The molecule has 0 aromatic heterocycles. The van der Waals surface area contributed by atoms with Gasteiger partial charge in [0, 0.05) is 11.1 Å². The van der Waals surface area contributed by atoms with Crippen LogP contribution in [0.5, 0.6) is 0 Å². The lowest BCUT2D eigenvalue weighted by Crippen LogP contribution is -2.36. The van der Waals surface area contributed by atoms with Crippen LogP contribution in [-0.4, -0.2) is 49.8 Å². The van der Waals surface area contributed by atoms with Gasteiger partial charge in [0.1, 0.15) is 25.9 Å². The van der Waals surface area contributed by atoms with Crippen LogP contribution < -0.4 is 0 Å². The van der Waals surface area contributed by atoms with Crippen molar-refractivity contribution < 1.29 is 38.1 Å². The molecule has 0 bridgehead atoms. The van der Waals surface area contributed by atoms with Gasteiger partial charge < -0.3 is 18.9 Å². The number of rotatable bonds is 10. The maximum Gasteiger partial charge on any atom is 0.333 e. The van der Waals surface area contributed by atoms with Gasteiger partial charge in [-0.1, -0.05) is 26.0 Å². The van der Waals surface area contributed by atoms with E-state index in [0.29, 0.717) is 12.8 Å². The van der Waals surface area contributed by atoms with Crippen molar-refractivity contribution >= 4 is 23.9 Å². The zero-order valence-corrected chi connectivity index (χ0v) is 17.4. The van der Waals surface area contributed by atoms with Crippen molar-refractivity contribution in [1.82, 2.24) is 0 Å². The highest BCUT2D eigenvalue weighted by Gasteiger charge is 2.38. The third-order valence-corrected chi connectivity index (χ3v) is 4.40. The molecule has 1 rings (SSSR count). The van der Waals surface area contributed by atoms with E-state index in [4.69, 9.17) is 18.9 Å². The molecule has 0 aromatic rings. The lowest BCUT2D eigenvalue weighted by molar-refractivity contribution is -0.167. The van der Waals surface area contributed by atoms with Crippen molar-refractivity contribution in [3.63, 3.8) is 0 Å². The number of hydrogen-bond donors (Lipinski definition) is 0. The normalized spacial score (nSPS) is 19.4. The Bertz CT molecular complexity index is 651. The van der Waals surface area contributed by atoms with E-state index in [2.05, 4.69) is 13.2 Å². The van der Waals surface area contributed by atoms with Crippen LogP contribution in [0.1, 0.15) is 46.5 Å². The molecule has 0 saturated heterocycles. The van der Waals surface area contributed by atoms with Crippen molar-refractivity contribution in [1.29, 1.82) is 0 Å². The van der Waals surface area contributed by atoms with Crippen molar-refractivity contribution in [2.75, 3.05) is 19.8 Å². The second-order valence-electron chi connectivity index (χ2n) is 7.21. The summed E-state index contributed by atoms with van der Waals surface area (Å²) in [5.74, 6) is -3.36. The zero-order chi connectivity index (χ0) is 22.0. The standard InChI is InChI=1S/C21H30O8/c1-13(2)18(22)26-10-11-27-20(24)16-8-6-7-9-17(16)21(25)28-12-15(5)29-19(23)14(3)4/h15-17H,1,3,6-12H2,2,4-5H3. The summed E-state index contributed by atoms with van der Waals surface area (Å²) >= 11 is 0. The largest absolute Gasteiger partial charge is 0.462 e. The van der Waals surface area contributed by atoms with Crippen molar-refractivity contribution in [3.05, 3.63) is 24.3 Å². The molecule has 3 unspecified atom stereocenters. The second kappa shape index (κ2) is 12.0. The highest BCUT2D eigenvalue weighted by atomic mass is 16.6. The van der Waals surface area contributed by atoms with Crippen LogP contribution in [0.2, 0.25) is 0 Å². The molecular formula is C21H30O8. The van der Waals surface area contributed by atoms with Gasteiger partial charge in [0.05, 0.1) is 11.8 Å². The summed E-state index contributed by atoms with van der Waals surface area (Å²) < 4.78 is 20.4. The molecule has 1 fully saturated rings. The molecule has 0 aliphatic heterocycles. The Morgan fingerprint density at radius 3 is 1.83 bits per heavy atom. The van der Waals surface area contributed by atoms with E-state index < -0.39 is 41.8 Å². The van der Waals surface area contributed by atoms with Gasteiger partial charge in [-0.2, -0.15) is 0 Å². The highest BCUT2D eigenvalue weighted by Crippen LogP contribution is 2.32. The lowest BCUT2D eigenvalue weighted by atomic mass is 9.79. The van der Waals surface area contributed by atoms with Gasteiger partial charge in [-0.3, -0.25) is 9.59 Å². The van der Waals surface area contributed by atoms with Gasteiger partial charge in [0.25, 0.3) is 0 Å². The molecular weight excluding hydrogens is 380 g/mol. The number of hydrogen-bond acceptors (Lipinski definition) is 8. The topological polar surface area (TPSA) is 105 Å². The molecule has 29 heavy (non-hydrogen) atoms. The maximum atomic E-state index is 12.5. The van der Waals surface area contributed by atoms with Gasteiger partial charge in [0.15, 0.2) is 0 Å². The third-order valence-electron chi connectivity index (χ3n) is 4.40. The zero-order valence-electron chi connectivity index (χ0n) is 17.4. The van der Waals surface area contributed by atoms with Crippen molar-refractivity contribution in [2.45, 2.75) is 52.6 Å². The van der Waals surface area contributed by atoms with Crippen LogP contribution in [0.15, 0.2) is 24.3 Å². The average molecular weight is 410 g/mol. The average Bonchev–Trinajstić information content (AvgIpc) is 2.68. The Labute approximate surface area is 171 Å². The summed E-state index contributed by atoms with van der Waals surface area (Å²) in [7, 11) is 0. The fourth-order valence-corrected chi connectivity index (χ4v) is 2.83. The summed E-state index contributed by atoms with van der Waals surface area (Å²) in [6.45, 7) is 11.3. The molecule has 0 N–H and O–H groups in total. The molecule has 8 nitrogen and oxygen atoms in total. The van der Waals surface area contributed by atoms with E-state index in [1.807, 2.05) is 0 Å². The Balaban J connectivity index is 2.49. The molecule has 1 aliphatic rings. The summed E-state index contributed by atoms with van der Waals surface area (Å²) in [5, 5.41) is 0. The molecule has 0 aromatic carbocycles. The third kappa shape index (κ3) is 8.50. The number of carbonyl (C=O) groups excluding carboxylic acids is 4. The Morgan fingerprint density at radius 1 is 0.828 bits per heavy atom. The summed E-state index contributed by atoms with van der Waals surface area (Å²) in [6, 6.07) is 0. The fraction of sp³-hybridized carbons (Fsp3) is 0.619. The number of carbonyl (C=O) groups is 4. The SMILES string of the molecule is C=C(C)C(=O)OCCOC(=O)C1CCCCC1C(=O)OCC(C)OC(=O)C(=C)C. The Morgan fingerprint density at radius 2 is 1.31 bits per heavy atom. The summed E-state index contributed by atoms with van der Waals surface area (Å²) in [5.41, 5.74) is 0.516. The van der Waals surface area contributed by atoms with Crippen molar-refractivity contribution in [2.24, 2.45) is 11.8 Å². The van der Waals surface area contributed by atoms with Gasteiger partial charge in [-0.15, -0.1) is 0 Å². The second-order valence-corrected chi connectivity index (χ2v) is 7.21. The first kappa shape index (κ1) is 24.4. The van der Waals surface area contributed by atoms with Gasteiger partial charge in [-0.05, 0) is 33.6 Å². The van der Waals surface area contributed by atoms with E-state index >= 15 is 0 Å². The fourth-order valence-electron chi connectivity index (χ4n) is 2.83. The molecule has 0 heterocycles. The van der Waals surface area contributed by atoms with Crippen LogP contribution in [0.4, 0.5) is 0 Å². The van der Waals surface area contributed by atoms with Crippen LogP contribution in [-0.2, 0) is 38.1 Å². The molecule has 0 amide bonds. The molecule has 3 atom stereocenters. The van der Waals surface area contributed by atoms with E-state index in [0.717, 1.165) is 12.8 Å². The van der Waals surface area contributed by atoms with E-state index in [1.54, 1.807) is 6.92 Å². The molecule has 0 radical (unpaired) electrons. The van der Waals surface area contributed by atoms with E-state index in [1.165, 1.54) is 13.8 Å². The molecule has 8 heteroatoms. The summed E-state index contributed by atoms with van der Waals surface area (Å²) in [6.07, 6.45) is 2.02. The Hall–Kier alpha value is -2.64.